The van der Waals surface area contributed by atoms with Crippen LogP contribution in [0.3, 0.4) is 0 Å². The van der Waals surface area contributed by atoms with Gasteiger partial charge in [-0.1, -0.05) is 6.92 Å². The largest absolute Gasteiger partial charge is 0.381 e. The number of anilines is 1. The lowest BCUT2D eigenvalue weighted by atomic mass is 9.82. The van der Waals surface area contributed by atoms with Gasteiger partial charge in [-0.3, -0.25) is 0 Å². The van der Waals surface area contributed by atoms with E-state index in [4.69, 9.17) is 4.74 Å². The number of aromatic nitrogens is 1. The molecule has 1 aliphatic rings. The van der Waals surface area contributed by atoms with Gasteiger partial charge in [-0.2, -0.15) is 0 Å². The summed E-state index contributed by atoms with van der Waals surface area (Å²) in [7, 11) is 0. The van der Waals surface area contributed by atoms with E-state index in [9.17, 15) is 0 Å². The van der Waals surface area contributed by atoms with E-state index in [1.807, 2.05) is 12.3 Å². The molecule has 2 heterocycles. The summed E-state index contributed by atoms with van der Waals surface area (Å²) in [6.45, 7) is 7.16. The second-order valence-electron chi connectivity index (χ2n) is 5.00. The van der Waals surface area contributed by atoms with Crippen LogP contribution in [0.4, 0.5) is 5.82 Å². The molecule has 2 rings (SSSR count). The van der Waals surface area contributed by atoms with Gasteiger partial charge in [0.25, 0.3) is 0 Å². The van der Waals surface area contributed by atoms with E-state index in [1.54, 1.807) is 0 Å². The standard InChI is InChI=1S/C13H20N2O/c1-11-3-6-14-12(9-11)15-10-13(2)4-7-16-8-5-13/h3,6,9H,4-5,7-8,10H2,1-2H3,(H,14,15). The van der Waals surface area contributed by atoms with Gasteiger partial charge in [0.15, 0.2) is 0 Å². The molecule has 1 N–H and O–H groups in total. The molecular formula is C13H20N2O. The maximum Gasteiger partial charge on any atom is 0.126 e. The number of hydrogen-bond donors (Lipinski definition) is 1. The number of hydrogen-bond acceptors (Lipinski definition) is 3. The van der Waals surface area contributed by atoms with Crippen molar-refractivity contribution < 1.29 is 4.74 Å². The van der Waals surface area contributed by atoms with Crippen LogP contribution < -0.4 is 5.32 Å². The molecule has 0 radical (unpaired) electrons. The molecule has 0 spiro atoms. The Morgan fingerprint density at radius 3 is 2.88 bits per heavy atom. The third kappa shape index (κ3) is 2.95. The SMILES string of the molecule is Cc1ccnc(NCC2(C)CCOCC2)c1. The Kier molecular flexibility index (Phi) is 3.44. The van der Waals surface area contributed by atoms with E-state index in [-0.39, 0.29) is 0 Å². The molecule has 1 fully saturated rings. The highest BCUT2D eigenvalue weighted by Crippen LogP contribution is 2.29. The number of rotatable bonds is 3. The Balaban J connectivity index is 1.91. The first-order chi connectivity index (χ1) is 7.68. The maximum absolute atomic E-state index is 5.39. The Morgan fingerprint density at radius 2 is 2.19 bits per heavy atom. The van der Waals surface area contributed by atoms with E-state index < -0.39 is 0 Å². The first-order valence-electron chi connectivity index (χ1n) is 5.92. The second kappa shape index (κ2) is 4.83. The minimum absolute atomic E-state index is 0.351. The van der Waals surface area contributed by atoms with Crippen molar-refractivity contribution in [1.29, 1.82) is 0 Å². The van der Waals surface area contributed by atoms with Crippen LogP contribution in [0.2, 0.25) is 0 Å². The third-order valence-electron chi connectivity index (χ3n) is 3.31. The van der Waals surface area contributed by atoms with Crippen molar-refractivity contribution in [3.63, 3.8) is 0 Å². The minimum atomic E-state index is 0.351. The molecule has 0 unspecified atom stereocenters. The van der Waals surface area contributed by atoms with Gasteiger partial charge in [0.05, 0.1) is 0 Å². The van der Waals surface area contributed by atoms with Gasteiger partial charge >= 0.3 is 0 Å². The van der Waals surface area contributed by atoms with Crippen molar-refractivity contribution in [3.05, 3.63) is 23.9 Å². The molecule has 0 bridgehead atoms. The highest BCUT2D eigenvalue weighted by atomic mass is 16.5. The zero-order chi connectivity index (χ0) is 11.4. The fourth-order valence-corrected chi connectivity index (χ4v) is 1.98. The molecule has 0 amide bonds. The van der Waals surface area contributed by atoms with E-state index in [0.29, 0.717) is 5.41 Å². The molecule has 16 heavy (non-hydrogen) atoms. The second-order valence-corrected chi connectivity index (χ2v) is 5.00. The molecular weight excluding hydrogens is 200 g/mol. The monoisotopic (exact) mass is 220 g/mol. The van der Waals surface area contributed by atoms with Gasteiger partial charge in [-0.05, 0) is 42.9 Å². The number of nitrogens with zero attached hydrogens (tertiary/aromatic N) is 1. The fraction of sp³-hybridized carbons (Fsp3) is 0.615. The van der Waals surface area contributed by atoms with Crippen LogP contribution in [0.15, 0.2) is 18.3 Å². The zero-order valence-corrected chi connectivity index (χ0v) is 10.1. The smallest absolute Gasteiger partial charge is 0.126 e. The number of pyridine rings is 1. The molecule has 0 saturated carbocycles. The van der Waals surface area contributed by atoms with Gasteiger partial charge in [-0.25, -0.2) is 4.98 Å². The van der Waals surface area contributed by atoms with E-state index in [2.05, 4.69) is 30.2 Å². The van der Waals surface area contributed by atoms with Crippen molar-refractivity contribution in [2.45, 2.75) is 26.7 Å². The molecule has 0 atom stereocenters. The van der Waals surface area contributed by atoms with Crippen LogP contribution >= 0.6 is 0 Å². The average Bonchev–Trinajstić information content (AvgIpc) is 2.28. The molecule has 3 nitrogen and oxygen atoms in total. The summed E-state index contributed by atoms with van der Waals surface area (Å²) in [6.07, 6.45) is 4.11. The maximum atomic E-state index is 5.39. The summed E-state index contributed by atoms with van der Waals surface area (Å²) < 4.78 is 5.39. The lowest BCUT2D eigenvalue weighted by Gasteiger charge is -2.33. The quantitative estimate of drug-likeness (QED) is 0.850. The number of ether oxygens (including phenoxy) is 1. The summed E-state index contributed by atoms with van der Waals surface area (Å²) in [4.78, 5) is 4.31. The van der Waals surface area contributed by atoms with Crippen LogP contribution in [-0.2, 0) is 4.74 Å². The molecule has 1 aromatic heterocycles. The van der Waals surface area contributed by atoms with Crippen molar-refractivity contribution in [2.24, 2.45) is 5.41 Å². The number of aryl methyl sites for hydroxylation is 1. The molecule has 3 heteroatoms. The molecule has 1 saturated heterocycles. The van der Waals surface area contributed by atoms with Crippen molar-refractivity contribution in [3.8, 4) is 0 Å². The van der Waals surface area contributed by atoms with Crippen molar-refractivity contribution in [2.75, 3.05) is 25.1 Å². The van der Waals surface area contributed by atoms with Crippen LogP contribution in [0.25, 0.3) is 0 Å². The predicted octanol–water partition coefficient (Wildman–Crippen LogP) is 2.62. The van der Waals surface area contributed by atoms with Crippen LogP contribution in [0.5, 0.6) is 0 Å². The Bertz CT molecular complexity index is 346. The lowest BCUT2D eigenvalue weighted by Crippen LogP contribution is -2.33. The van der Waals surface area contributed by atoms with E-state index in [0.717, 1.165) is 38.4 Å². The summed E-state index contributed by atoms with van der Waals surface area (Å²) in [5.41, 5.74) is 1.60. The molecule has 88 valence electrons. The van der Waals surface area contributed by atoms with E-state index >= 15 is 0 Å². The van der Waals surface area contributed by atoms with Crippen molar-refractivity contribution >= 4 is 5.82 Å². The topological polar surface area (TPSA) is 34.2 Å². The first-order valence-corrected chi connectivity index (χ1v) is 5.92. The minimum Gasteiger partial charge on any atom is -0.381 e. The Labute approximate surface area is 97.2 Å². The summed E-state index contributed by atoms with van der Waals surface area (Å²) in [5, 5.41) is 3.43. The first kappa shape index (κ1) is 11.4. The van der Waals surface area contributed by atoms with Gasteiger partial charge in [-0.15, -0.1) is 0 Å². The molecule has 1 aromatic rings. The van der Waals surface area contributed by atoms with Gasteiger partial charge in [0.2, 0.25) is 0 Å². The fourth-order valence-electron chi connectivity index (χ4n) is 1.98. The normalized spacial score (nSPS) is 19.4. The van der Waals surface area contributed by atoms with Crippen molar-refractivity contribution in [1.82, 2.24) is 4.98 Å². The van der Waals surface area contributed by atoms with Gasteiger partial charge in [0, 0.05) is 26.0 Å². The van der Waals surface area contributed by atoms with Crippen LogP contribution in [0, 0.1) is 12.3 Å². The summed E-state index contributed by atoms with van der Waals surface area (Å²) >= 11 is 0. The van der Waals surface area contributed by atoms with Gasteiger partial charge < -0.3 is 10.1 Å². The number of nitrogens with one attached hydrogen (secondary N) is 1. The zero-order valence-electron chi connectivity index (χ0n) is 10.1. The summed E-state index contributed by atoms with van der Waals surface area (Å²) in [6, 6.07) is 4.10. The molecule has 0 aromatic carbocycles. The highest BCUT2D eigenvalue weighted by molar-refractivity contribution is 5.37. The van der Waals surface area contributed by atoms with Gasteiger partial charge in [0.1, 0.15) is 5.82 Å². The molecule has 0 aliphatic carbocycles. The Morgan fingerprint density at radius 1 is 1.44 bits per heavy atom. The highest BCUT2D eigenvalue weighted by Gasteiger charge is 2.26. The third-order valence-corrected chi connectivity index (χ3v) is 3.31. The van der Waals surface area contributed by atoms with Crippen LogP contribution in [0.1, 0.15) is 25.3 Å². The summed E-state index contributed by atoms with van der Waals surface area (Å²) in [5.74, 6) is 0.979. The lowest BCUT2D eigenvalue weighted by molar-refractivity contribution is 0.0300. The average molecular weight is 220 g/mol. The predicted molar refractivity (Wildman–Crippen MR) is 65.6 cm³/mol. The van der Waals surface area contributed by atoms with E-state index in [1.165, 1.54) is 5.56 Å². The Hall–Kier alpha value is -1.09. The van der Waals surface area contributed by atoms with Crippen LogP contribution in [-0.4, -0.2) is 24.7 Å². The molecule has 1 aliphatic heterocycles.